The summed E-state index contributed by atoms with van der Waals surface area (Å²) in [7, 11) is -8.73. The fourth-order valence-corrected chi connectivity index (χ4v) is 247. The molecule has 3 rings (SSSR count). The van der Waals surface area contributed by atoms with E-state index in [1.165, 1.54) is 0 Å². The summed E-state index contributed by atoms with van der Waals surface area (Å²) in [5, 5.41) is 3.60. The van der Waals surface area contributed by atoms with Crippen LogP contribution in [-0.4, -0.2) is 42.7 Å². The zero-order chi connectivity index (χ0) is 21.2. The Balaban J connectivity index is 2.52. The highest BCUT2D eigenvalue weighted by atomic mass is 30.2. The summed E-state index contributed by atoms with van der Waals surface area (Å²) in [4.78, 5) is 0. The third-order valence-corrected chi connectivity index (χ3v) is 159. The molecule has 0 aliphatic carbocycles. The summed E-state index contributed by atoms with van der Waals surface area (Å²) in [6.45, 7) is 28.7. The normalized spacial score (nSPS) is 32.6. The van der Waals surface area contributed by atoms with Gasteiger partial charge in [0.25, 0.3) is 0 Å². The van der Waals surface area contributed by atoms with Crippen LogP contribution in [0.4, 0.5) is 0 Å². The van der Waals surface area contributed by atoms with E-state index in [0.29, 0.717) is 0 Å². The molecule has 1 aliphatic heterocycles. The first-order chi connectivity index (χ1) is 12.7. The second kappa shape index (κ2) is 6.62. The summed E-state index contributed by atoms with van der Waals surface area (Å²) in [6.07, 6.45) is 0. The highest BCUT2D eigenvalue weighted by Crippen LogP contribution is 2.51. The summed E-state index contributed by atoms with van der Waals surface area (Å²) in [6, 6.07) is 24.0. The average Bonchev–Trinajstić information content (AvgIpc) is 2.66. The second-order valence-corrected chi connectivity index (χ2v) is 81.1. The van der Waals surface area contributed by atoms with Gasteiger partial charge in [0, 0.05) is 28.4 Å². The third-order valence-electron chi connectivity index (χ3n) is 10.9. The van der Waals surface area contributed by atoms with E-state index in [1.54, 1.807) is 10.4 Å². The SMILES string of the molecule is C[Si]1(C)[Si](C)(C)[Si](C)(C)[Si@@](C)(c2ccccc2)[Si@@](C)(c2ccccc2)[Si]1(C)C. The summed E-state index contributed by atoms with van der Waals surface area (Å²) >= 11 is 0. The molecule has 152 valence electrons. The van der Waals surface area contributed by atoms with E-state index in [0.717, 1.165) is 0 Å². The molecule has 2 atom stereocenters. The van der Waals surface area contributed by atoms with Gasteiger partial charge >= 0.3 is 0 Å². The molecule has 0 bridgehead atoms. The molecule has 28 heavy (non-hydrogen) atoms. The van der Waals surface area contributed by atoms with E-state index in [-0.39, 0.29) is 0 Å². The quantitative estimate of drug-likeness (QED) is 0.522. The van der Waals surface area contributed by atoms with Gasteiger partial charge in [0.1, 0.15) is 0 Å². The summed E-state index contributed by atoms with van der Waals surface area (Å²) in [5.74, 6) is 0. The van der Waals surface area contributed by atoms with Crippen LogP contribution in [0.25, 0.3) is 0 Å². The second-order valence-electron chi connectivity index (χ2n) is 11.5. The first-order valence-electron chi connectivity index (χ1n) is 10.8. The van der Waals surface area contributed by atoms with Crippen molar-refractivity contribution >= 4 is 53.0 Å². The van der Waals surface area contributed by atoms with Crippen molar-refractivity contribution in [1.29, 1.82) is 0 Å². The first-order valence-corrected chi connectivity index (χ1v) is 33.8. The van der Waals surface area contributed by atoms with Crippen molar-refractivity contribution in [3.05, 3.63) is 60.7 Å². The Hall–Kier alpha value is -0.259. The molecule has 0 spiro atoms. The van der Waals surface area contributed by atoms with Gasteiger partial charge in [0.2, 0.25) is 0 Å². The molecule has 0 N–H and O–H groups in total. The summed E-state index contributed by atoms with van der Waals surface area (Å²) in [5.41, 5.74) is 0. The van der Waals surface area contributed by atoms with Gasteiger partial charge in [0.05, 0.1) is 14.2 Å². The Morgan fingerprint density at radius 2 is 0.607 bits per heavy atom. The van der Waals surface area contributed by atoms with E-state index < -0.39 is 42.7 Å². The van der Waals surface area contributed by atoms with Gasteiger partial charge in [-0.1, -0.05) is 137 Å². The molecule has 1 aliphatic rings. The minimum absolute atomic E-state index is 1.29. The van der Waals surface area contributed by atoms with Crippen molar-refractivity contribution in [2.75, 3.05) is 0 Å². The van der Waals surface area contributed by atoms with Crippen molar-refractivity contribution in [2.24, 2.45) is 0 Å². The van der Waals surface area contributed by atoms with Gasteiger partial charge in [0.15, 0.2) is 0 Å². The molecule has 0 radical (unpaired) electrons. The van der Waals surface area contributed by atoms with Gasteiger partial charge in [-0.15, -0.1) is 0 Å². The van der Waals surface area contributed by atoms with Crippen molar-refractivity contribution < 1.29 is 0 Å². The van der Waals surface area contributed by atoms with Crippen LogP contribution in [0.1, 0.15) is 0 Å². The minimum Gasteiger partial charge on any atom is -0.0735 e. The van der Waals surface area contributed by atoms with Gasteiger partial charge in [-0.2, -0.15) is 0 Å². The van der Waals surface area contributed by atoms with E-state index in [1.807, 2.05) is 0 Å². The van der Waals surface area contributed by atoms with Gasteiger partial charge < -0.3 is 0 Å². The maximum atomic E-state index is 2.89. The largest absolute Gasteiger partial charge is 0.0735 e. The van der Waals surface area contributed by atoms with E-state index in [9.17, 15) is 0 Å². The number of benzene rings is 2. The lowest BCUT2D eigenvalue weighted by molar-refractivity contribution is 1.69. The standard InChI is InChI=1S/C22H40Si6/c1-23(2)24(3,4)26(7,8)28(10,22-19-15-12-16-20-22)27(9,25(23,5)6)21-17-13-11-14-18-21/h11-20H,1-10H3/t27-,28+. The van der Waals surface area contributed by atoms with Crippen LogP contribution in [0.5, 0.6) is 0 Å². The fourth-order valence-electron chi connectivity index (χ4n) is 6.90. The van der Waals surface area contributed by atoms with E-state index in [4.69, 9.17) is 0 Å². The van der Waals surface area contributed by atoms with Crippen molar-refractivity contribution in [1.82, 2.24) is 0 Å². The third kappa shape index (κ3) is 2.36. The predicted molar refractivity (Wildman–Crippen MR) is 145 cm³/mol. The Kier molecular flexibility index (Phi) is 5.30. The van der Waals surface area contributed by atoms with E-state index in [2.05, 4.69) is 126 Å². The molecule has 0 amide bonds. The van der Waals surface area contributed by atoms with Crippen LogP contribution >= 0.6 is 0 Å². The molecule has 0 nitrogen and oxygen atoms in total. The van der Waals surface area contributed by atoms with E-state index >= 15 is 0 Å². The average molecular weight is 473 g/mol. The summed E-state index contributed by atoms with van der Waals surface area (Å²) < 4.78 is 0. The topological polar surface area (TPSA) is 0 Å². The molecule has 1 heterocycles. The lowest BCUT2D eigenvalue weighted by Gasteiger charge is -2.74. The Morgan fingerprint density at radius 3 is 0.857 bits per heavy atom. The maximum Gasteiger partial charge on any atom is 0.0711 e. The van der Waals surface area contributed by atoms with Gasteiger partial charge in [-0.05, 0) is 0 Å². The molecular formula is C22H40Si6. The lowest BCUT2D eigenvalue weighted by Crippen LogP contribution is -3.06. The maximum absolute atomic E-state index is 2.89. The number of hydrogen-bond donors (Lipinski definition) is 0. The van der Waals surface area contributed by atoms with Crippen molar-refractivity contribution in [3.63, 3.8) is 0 Å². The zero-order valence-electron chi connectivity index (χ0n) is 19.8. The first kappa shape index (κ1) is 22.4. The predicted octanol–water partition coefficient (Wildman–Crippen LogP) is 5.28. The Morgan fingerprint density at radius 1 is 0.357 bits per heavy atom. The van der Waals surface area contributed by atoms with Gasteiger partial charge in [-0.3, -0.25) is 0 Å². The molecule has 1 fully saturated rings. The molecule has 6 heteroatoms. The van der Waals surface area contributed by atoms with Crippen LogP contribution < -0.4 is 10.4 Å². The van der Waals surface area contributed by atoms with Crippen LogP contribution in [0.2, 0.25) is 65.5 Å². The fraction of sp³-hybridized carbons (Fsp3) is 0.455. The lowest BCUT2D eigenvalue weighted by atomic mass is 10.4. The van der Waals surface area contributed by atoms with Gasteiger partial charge in [-0.25, -0.2) is 0 Å². The molecule has 0 saturated carbocycles. The van der Waals surface area contributed by atoms with Crippen LogP contribution in [0, 0.1) is 0 Å². The number of hydrogen-bond acceptors (Lipinski definition) is 0. The Bertz CT molecular complexity index is 786. The molecular weight excluding hydrogens is 433 g/mol. The van der Waals surface area contributed by atoms with Crippen LogP contribution in [-0.2, 0) is 0 Å². The highest BCUT2D eigenvalue weighted by Gasteiger charge is 2.79. The molecule has 2 aromatic rings. The minimum atomic E-state index is -1.66. The van der Waals surface area contributed by atoms with Crippen molar-refractivity contribution in [3.8, 4) is 0 Å². The highest BCUT2D eigenvalue weighted by molar-refractivity contribution is 8.16. The van der Waals surface area contributed by atoms with Crippen LogP contribution in [0.3, 0.4) is 0 Å². The monoisotopic (exact) mass is 472 g/mol. The Labute approximate surface area is 178 Å². The number of rotatable bonds is 2. The smallest absolute Gasteiger partial charge is 0.0711 e. The molecule has 0 aromatic heterocycles. The zero-order valence-corrected chi connectivity index (χ0v) is 25.8. The van der Waals surface area contributed by atoms with Crippen molar-refractivity contribution in [2.45, 2.75) is 65.5 Å². The molecule has 0 unspecified atom stereocenters. The van der Waals surface area contributed by atoms with Crippen LogP contribution in [0.15, 0.2) is 60.7 Å². The molecule has 1 saturated heterocycles. The molecule has 2 aromatic carbocycles.